The standard InChI is InChI=1S/C24H31NO3/c1-17(16-24(2,3)4)19-8-10-20(11-9-19)23(26)25-14-13-18-7-12-21(27-5)22(15-18)28-6/h7-12,15-16H,13-14H2,1-6H3,(H,25,26). The van der Waals surface area contributed by atoms with Crippen LogP contribution >= 0.6 is 0 Å². The van der Waals surface area contributed by atoms with Crippen molar-refractivity contribution in [3.63, 3.8) is 0 Å². The van der Waals surface area contributed by atoms with E-state index in [0.717, 1.165) is 17.5 Å². The lowest BCUT2D eigenvalue weighted by molar-refractivity contribution is 0.0954. The van der Waals surface area contributed by atoms with Crippen molar-refractivity contribution in [3.8, 4) is 11.5 Å². The Bertz CT molecular complexity index is 830. The van der Waals surface area contributed by atoms with Crippen LogP contribution in [-0.2, 0) is 6.42 Å². The quantitative estimate of drug-likeness (QED) is 0.724. The number of nitrogens with one attached hydrogen (secondary N) is 1. The SMILES string of the molecule is COc1ccc(CCNC(=O)c2ccc(C(C)=CC(C)(C)C)cc2)cc1OC. The summed E-state index contributed by atoms with van der Waals surface area (Å²) in [6.07, 6.45) is 2.96. The number of hydrogen-bond donors (Lipinski definition) is 1. The van der Waals surface area contributed by atoms with Crippen molar-refractivity contribution in [2.24, 2.45) is 5.41 Å². The lowest BCUT2D eigenvalue weighted by atomic mass is 9.91. The van der Waals surface area contributed by atoms with Crippen LogP contribution in [0.3, 0.4) is 0 Å². The minimum absolute atomic E-state index is 0.0653. The highest BCUT2D eigenvalue weighted by Crippen LogP contribution is 2.27. The number of hydrogen-bond acceptors (Lipinski definition) is 3. The minimum Gasteiger partial charge on any atom is -0.493 e. The van der Waals surface area contributed by atoms with E-state index in [2.05, 4.69) is 39.1 Å². The van der Waals surface area contributed by atoms with Gasteiger partial charge in [0.1, 0.15) is 0 Å². The molecule has 2 aromatic carbocycles. The van der Waals surface area contributed by atoms with E-state index < -0.39 is 0 Å². The van der Waals surface area contributed by atoms with Gasteiger partial charge in [0.2, 0.25) is 0 Å². The second kappa shape index (κ2) is 9.45. The fraction of sp³-hybridized carbons (Fsp3) is 0.375. The molecule has 4 nitrogen and oxygen atoms in total. The first-order chi connectivity index (χ1) is 13.2. The molecule has 0 atom stereocenters. The average molecular weight is 382 g/mol. The zero-order chi connectivity index (χ0) is 20.7. The van der Waals surface area contributed by atoms with Gasteiger partial charge in [0, 0.05) is 12.1 Å². The Morgan fingerprint density at radius 3 is 2.14 bits per heavy atom. The Balaban J connectivity index is 1.94. The molecule has 150 valence electrons. The maximum absolute atomic E-state index is 12.4. The number of methoxy groups -OCH3 is 2. The van der Waals surface area contributed by atoms with Crippen LogP contribution in [0, 0.1) is 5.41 Å². The van der Waals surface area contributed by atoms with Crippen LogP contribution < -0.4 is 14.8 Å². The van der Waals surface area contributed by atoms with Gasteiger partial charge in [-0.1, -0.05) is 45.0 Å². The second-order valence-corrected chi connectivity index (χ2v) is 7.97. The monoisotopic (exact) mass is 381 g/mol. The molecule has 0 heterocycles. The fourth-order valence-electron chi connectivity index (χ4n) is 3.08. The summed E-state index contributed by atoms with van der Waals surface area (Å²) < 4.78 is 10.6. The summed E-state index contributed by atoms with van der Waals surface area (Å²) in [7, 11) is 3.23. The van der Waals surface area contributed by atoms with E-state index >= 15 is 0 Å². The maximum Gasteiger partial charge on any atom is 0.251 e. The lowest BCUT2D eigenvalue weighted by Gasteiger charge is -2.14. The minimum atomic E-state index is -0.0653. The molecule has 0 unspecified atom stereocenters. The molecule has 1 amide bonds. The van der Waals surface area contributed by atoms with Gasteiger partial charge in [0.15, 0.2) is 11.5 Å². The topological polar surface area (TPSA) is 47.6 Å². The zero-order valence-corrected chi connectivity index (χ0v) is 17.8. The molecule has 0 aromatic heterocycles. The van der Waals surface area contributed by atoms with Crippen LogP contribution in [0.4, 0.5) is 0 Å². The summed E-state index contributed by atoms with van der Waals surface area (Å²) in [6.45, 7) is 9.19. The second-order valence-electron chi connectivity index (χ2n) is 7.97. The first-order valence-corrected chi connectivity index (χ1v) is 9.52. The predicted octanol–water partition coefficient (Wildman–Crippen LogP) is 5.13. The Morgan fingerprint density at radius 2 is 1.57 bits per heavy atom. The summed E-state index contributed by atoms with van der Waals surface area (Å²) in [5.74, 6) is 1.33. The molecule has 2 aromatic rings. The normalized spacial score (nSPS) is 11.9. The lowest BCUT2D eigenvalue weighted by Crippen LogP contribution is -2.25. The molecule has 0 saturated heterocycles. The molecule has 0 saturated carbocycles. The van der Waals surface area contributed by atoms with E-state index in [1.54, 1.807) is 14.2 Å². The van der Waals surface area contributed by atoms with Crippen LogP contribution in [0.1, 0.15) is 49.2 Å². The summed E-state index contributed by atoms with van der Waals surface area (Å²) in [6, 6.07) is 13.5. The molecule has 0 aliphatic heterocycles. The van der Waals surface area contributed by atoms with Gasteiger partial charge in [0.25, 0.3) is 5.91 Å². The number of rotatable bonds is 7. The van der Waals surface area contributed by atoms with E-state index in [4.69, 9.17) is 9.47 Å². The smallest absolute Gasteiger partial charge is 0.251 e. The molecule has 1 N–H and O–H groups in total. The molecule has 0 bridgehead atoms. The van der Waals surface area contributed by atoms with Crippen molar-refractivity contribution in [1.29, 1.82) is 0 Å². The van der Waals surface area contributed by atoms with Gasteiger partial charge in [-0.25, -0.2) is 0 Å². The van der Waals surface area contributed by atoms with Gasteiger partial charge >= 0.3 is 0 Å². The van der Waals surface area contributed by atoms with Crippen LogP contribution in [0.15, 0.2) is 48.5 Å². The molecule has 0 aliphatic rings. The Labute approximate surface area is 168 Å². The van der Waals surface area contributed by atoms with E-state index in [1.807, 2.05) is 42.5 Å². The summed E-state index contributed by atoms with van der Waals surface area (Å²) >= 11 is 0. The first kappa shape index (κ1) is 21.5. The Morgan fingerprint density at radius 1 is 0.964 bits per heavy atom. The van der Waals surface area contributed by atoms with Gasteiger partial charge in [-0.2, -0.15) is 0 Å². The van der Waals surface area contributed by atoms with Crippen molar-refractivity contribution in [2.75, 3.05) is 20.8 Å². The number of ether oxygens (including phenoxy) is 2. The van der Waals surface area contributed by atoms with Gasteiger partial charge in [-0.05, 0) is 59.7 Å². The molecule has 4 heteroatoms. The van der Waals surface area contributed by atoms with E-state index in [9.17, 15) is 4.79 Å². The van der Waals surface area contributed by atoms with Crippen LogP contribution in [0.5, 0.6) is 11.5 Å². The van der Waals surface area contributed by atoms with E-state index in [0.29, 0.717) is 23.6 Å². The number of amides is 1. The number of benzene rings is 2. The van der Waals surface area contributed by atoms with Crippen molar-refractivity contribution in [2.45, 2.75) is 34.1 Å². The highest BCUT2D eigenvalue weighted by Gasteiger charge is 2.10. The number of carbonyl (C=O) groups excluding carboxylic acids is 1. The first-order valence-electron chi connectivity index (χ1n) is 9.52. The third-order valence-corrected chi connectivity index (χ3v) is 4.40. The van der Waals surface area contributed by atoms with E-state index in [-0.39, 0.29) is 11.3 Å². The molecule has 0 aliphatic carbocycles. The summed E-state index contributed by atoms with van der Waals surface area (Å²) in [4.78, 5) is 12.4. The fourth-order valence-corrected chi connectivity index (χ4v) is 3.08. The largest absolute Gasteiger partial charge is 0.493 e. The molecule has 2 rings (SSSR count). The highest BCUT2D eigenvalue weighted by molar-refractivity contribution is 5.94. The summed E-state index contributed by atoms with van der Waals surface area (Å²) in [5, 5.41) is 2.97. The average Bonchev–Trinajstić information content (AvgIpc) is 2.66. The van der Waals surface area contributed by atoms with Gasteiger partial charge in [-0.15, -0.1) is 0 Å². The number of carbonyl (C=O) groups is 1. The van der Waals surface area contributed by atoms with E-state index in [1.165, 1.54) is 5.57 Å². The summed E-state index contributed by atoms with van der Waals surface area (Å²) in [5.41, 5.74) is 4.23. The predicted molar refractivity (Wildman–Crippen MR) is 115 cm³/mol. The van der Waals surface area contributed by atoms with Gasteiger partial charge < -0.3 is 14.8 Å². The third kappa shape index (κ3) is 6.15. The molecular formula is C24H31NO3. The molecule has 0 spiro atoms. The highest BCUT2D eigenvalue weighted by atomic mass is 16.5. The third-order valence-electron chi connectivity index (χ3n) is 4.40. The zero-order valence-electron chi connectivity index (χ0n) is 17.8. The van der Waals surface area contributed by atoms with Crippen molar-refractivity contribution in [1.82, 2.24) is 5.32 Å². The van der Waals surface area contributed by atoms with Crippen LogP contribution in [0.2, 0.25) is 0 Å². The molecule has 0 fully saturated rings. The van der Waals surface area contributed by atoms with Crippen LogP contribution in [0.25, 0.3) is 5.57 Å². The van der Waals surface area contributed by atoms with Gasteiger partial charge in [-0.3, -0.25) is 4.79 Å². The van der Waals surface area contributed by atoms with Crippen molar-refractivity contribution >= 4 is 11.5 Å². The molecule has 28 heavy (non-hydrogen) atoms. The van der Waals surface area contributed by atoms with Gasteiger partial charge in [0.05, 0.1) is 14.2 Å². The Hall–Kier alpha value is -2.75. The van der Waals surface area contributed by atoms with Crippen molar-refractivity contribution in [3.05, 3.63) is 65.2 Å². The molecular weight excluding hydrogens is 350 g/mol. The van der Waals surface area contributed by atoms with Crippen LogP contribution in [-0.4, -0.2) is 26.7 Å². The molecule has 0 radical (unpaired) electrons. The number of allylic oxidation sites excluding steroid dienone is 2. The van der Waals surface area contributed by atoms with Crippen molar-refractivity contribution < 1.29 is 14.3 Å². The maximum atomic E-state index is 12.4. The Kier molecular flexibility index (Phi) is 7.27.